The summed E-state index contributed by atoms with van der Waals surface area (Å²) in [6, 6.07) is 20.3. The standard InChI is InChI=1S/C26H20Cl3N3O/c1-15-23(25(33)24-20-5-3-2-4-16(20)12-13-30-24)31-26(21-11-8-18(28)14-22(21)29)32(15)19-9-6-17(27)7-10-19/h2-11,14,24,30H,12-13H2,1H3. The first-order valence-electron chi connectivity index (χ1n) is 10.6. The van der Waals surface area contributed by atoms with Gasteiger partial charge in [0.1, 0.15) is 11.5 Å². The molecule has 1 aliphatic rings. The monoisotopic (exact) mass is 495 g/mol. The third-order valence-electron chi connectivity index (χ3n) is 5.97. The number of rotatable bonds is 4. The molecule has 1 aliphatic heterocycles. The molecule has 4 nitrogen and oxygen atoms in total. The van der Waals surface area contributed by atoms with Gasteiger partial charge in [-0.1, -0.05) is 59.1 Å². The molecule has 0 saturated heterocycles. The summed E-state index contributed by atoms with van der Waals surface area (Å²) in [6.07, 6.45) is 0.893. The molecule has 33 heavy (non-hydrogen) atoms. The number of benzene rings is 3. The number of halogens is 3. The van der Waals surface area contributed by atoms with Crippen molar-refractivity contribution in [1.82, 2.24) is 14.9 Å². The fraction of sp³-hybridized carbons (Fsp3) is 0.154. The van der Waals surface area contributed by atoms with Crippen molar-refractivity contribution in [3.8, 4) is 17.1 Å². The normalized spacial score (nSPS) is 15.3. The molecule has 4 aromatic rings. The maximum absolute atomic E-state index is 13.8. The predicted molar refractivity (Wildman–Crippen MR) is 134 cm³/mol. The molecule has 0 radical (unpaired) electrons. The lowest BCUT2D eigenvalue weighted by Crippen LogP contribution is -2.35. The van der Waals surface area contributed by atoms with E-state index in [0.717, 1.165) is 29.9 Å². The third-order valence-corrected chi connectivity index (χ3v) is 6.77. The lowest BCUT2D eigenvalue weighted by Gasteiger charge is -2.25. The summed E-state index contributed by atoms with van der Waals surface area (Å²) in [4.78, 5) is 18.6. The van der Waals surface area contributed by atoms with E-state index >= 15 is 0 Å². The molecule has 3 aromatic carbocycles. The Morgan fingerprint density at radius 2 is 1.73 bits per heavy atom. The van der Waals surface area contributed by atoms with Crippen LogP contribution in [0, 0.1) is 6.92 Å². The zero-order chi connectivity index (χ0) is 23.1. The van der Waals surface area contributed by atoms with Crippen LogP contribution in [0.3, 0.4) is 0 Å². The summed E-state index contributed by atoms with van der Waals surface area (Å²) in [6.45, 7) is 2.64. The van der Waals surface area contributed by atoms with Gasteiger partial charge in [0.05, 0.1) is 16.8 Å². The molecule has 0 bridgehead atoms. The Labute approximate surface area is 207 Å². The highest BCUT2D eigenvalue weighted by Gasteiger charge is 2.31. The summed E-state index contributed by atoms with van der Waals surface area (Å²) < 4.78 is 1.94. The number of nitrogens with zero attached hydrogens (tertiary/aromatic N) is 2. The van der Waals surface area contributed by atoms with E-state index in [-0.39, 0.29) is 5.78 Å². The molecule has 0 fully saturated rings. The molecule has 1 unspecified atom stereocenters. The summed E-state index contributed by atoms with van der Waals surface area (Å²) in [5, 5.41) is 5.00. The van der Waals surface area contributed by atoms with Gasteiger partial charge >= 0.3 is 0 Å². The van der Waals surface area contributed by atoms with Gasteiger partial charge in [-0.05, 0) is 66.9 Å². The lowest BCUT2D eigenvalue weighted by atomic mass is 9.90. The van der Waals surface area contributed by atoms with Crippen LogP contribution < -0.4 is 5.32 Å². The van der Waals surface area contributed by atoms with Gasteiger partial charge in [-0.2, -0.15) is 0 Å². The second-order valence-corrected chi connectivity index (χ2v) is 9.29. The quantitative estimate of drug-likeness (QED) is 0.313. The van der Waals surface area contributed by atoms with Gasteiger partial charge < -0.3 is 5.32 Å². The lowest BCUT2D eigenvalue weighted by molar-refractivity contribution is 0.0934. The average Bonchev–Trinajstić information content (AvgIpc) is 3.15. The van der Waals surface area contributed by atoms with Crippen molar-refractivity contribution in [3.05, 3.63) is 104 Å². The number of carbonyl (C=O) groups is 1. The number of carbonyl (C=O) groups excluding carboxylic acids is 1. The van der Waals surface area contributed by atoms with Crippen molar-refractivity contribution < 1.29 is 4.79 Å². The molecule has 0 amide bonds. The van der Waals surface area contributed by atoms with Crippen LogP contribution in [0.15, 0.2) is 66.7 Å². The fourth-order valence-corrected chi connectivity index (χ4v) is 4.99. The topological polar surface area (TPSA) is 46.9 Å². The van der Waals surface area contributed by atoms with Crippen LogP contribution in [-0.4, -0.2) is 21.9 Å². The van der Waals surface area contributed by atoms with E-state index in [2.05, 4.69) is 11.4 Å². The number of Topliss-reactive ketones (excluding diaryl/α,β-unsaturated/α-hetero) is 1. The zero-order valence-electron chi connectivity index (χ0n) is 17.8. The SMILES string of the molecule is Cc1c(C(=O)C2NCCc3ccccc32)nc(-c2ccc(Cl)cc2Cl)n1-c1ccc(Cl)cc1. The number of ketones is 1. The molecule has 0 saturated carbocycles. The Bertz CT molecular complexity index is 1360. The van der Waals surface area contributed by atoms with Crippen LogP contribution in [-0.2, 0) is 6.42 Å². The van der Waals surface area contributed by atoms with Gasteiger partial charge in [0.15, 0.2) is 0 Å². The van der Waals surface area contributed by atoms with Crippen LogP contribution in [0.4, 0.5) is 0 Å². The number of imidazole rings is 1. The van der Waals surface area contributed by atoms with E-state index in [1.807, 2.05) is 60.0 Å². The average molecular weight is 497 g/mol. The Kier molecular flexibility index (Phi) is 6.02. The van der Waals surface area contributed by atoms with Crippen LogP contribution in [0.1, 0.15) is 33.4 Å². The molecular weight excluding hydrogens is 477 g/mol. The smallest absolute Gasteiger partial charge is 0.204 e. The van der Waals surface area contributed by atoms with Crippen molar-refractivity contribution >= 4 is 40.6 Å². The van der Waals surface area contributed by atoms with E-state index < -0.39 is 6.04 Å². The van der Waals surface area contributed by atoms with E-state index in [1.165, 1.54) is 5.56 Å². The fourth-order valence-electron chi connectivity index (χ4n) is 4.37. The number of hydrogen-bond donors (Lipinski definition) is 1. The summed E-state index contributed by atoms with van der Waals surface area (Å²) in [5.74, 6) is 0.502. The number of aromatic nitrogens is 2. The highest BCUT2D eigenvalue weighted by atomic mass is 35.5. The van der Waals surface area contributed by atoms with Gasteiger partial charge in [0, 0.05) is 27.8 Å². The molecule has 7 heteroatoms. The Morgan fingerprint density at radius 3 is 2.48 bits per heavy atom. The van der Waals surface area contributed by atoms with Crippen LogP contribution >= 0.6 is 34.8 Å². The minimum atomic E-state index is -0.448. The molecular formula is C26H20Cl3N3O. The van der Waals surface area contributed by atoms with Crippen molar-refractivity contribution in [2.45, 2.75) is 19.4 Å². The first-order valence-corrected chi connectivity index (χ1v) is 11.7. The highest BCUT2D eigenvalue weighted by Crippen LogP contribution is 2.35. The third kappa shape index (κ3) is 4.09. The van der Waals surface area contributed by atoms with Crippen molar-refractivity contribution in [2.75, 3.05) is 6.54 Å². The predicted octanol–water partition coefficient (Wildman–Crippen LogP) is 6.88. The molecule has 0 spiro atoms. The Morgan fingerprint density at radius 1 is 1.00 bits per heavy atom. The van der Waals surface area contributed by atoms with E-state index in [9.17, 15) is 4.79 Å². The second kappa shape index (κ2) is 8.96. The van der Waals surface area contributed by atoms with Gasteiger partial charge in [0.2, 0.25) is 5.78 Å². The Hall–Kier alpha value is -2.63. The second-order valence-electron chi connectivity index (χ2n) is 8.01. The van der Waals surface area contributed by atoms with Crippen LogP contribution in [0.2, 0.25) is 15.1 Å². The molecule has 1 aromatic heterocycles. The van der Waals surface area contributed by atoms with Crippen molar-refractivity contribution in [3.63, 3.8) is 0 Å². The van der Waals surface area contributed by atoms with Crippen LogP contribution in [0.25, 0.3) is 17.1 Å². The van der Waals surface area contributed by atoms with Gasteiger partial charge in [-0.25, -0.2) is 4.98 Å². The molecule has 1 atom stereocenters. The number of nitrogens with one attached hydrogen (secondary N) is 1. The van der Waals surface area contributed by atoms with Gasteiger partial charge in [0.25, 0.3) is 0 Å². The minimum Gasteiger partial charge on any atom is -0.303 e. The summed E-state index contributed by atoms with van der Waals surface area (Å²) in [5.41, 5.74) is 4.84. The molecule has 2 heterocycles. The van der Waals surface area contributed by atoms with Gasteiger partial charge in [-0.15, -0.1) is 0 Å². The largest absolute Gasteiger partial charge is 0.303 e. The first kappa shape index (κ1) is 22.2. The molecule has 1 N–H and O–H groups in total. The van der Waals surface area contributed by atoms with Gasteiger partial charge in [-0.3, -0.25) is 9.36 Å². The zero-order valence-corrected chi connectivity index (χ0v) is 20.0. The van der Waals surface area contributed by atoms with E-state index in [0.29, 0.717) is 32.1 Å². The van der Waals surface area contributed by atoms with E-state index in [1.54, 1.807) is 12.1 Å². The first-order chi connectivity index (χ1) is 15.9. The number of fused-ring (bicyclic) bond motifs is 1. The molecule has 5 rings (SSSR count). The minimum absolute atomic E-state index is 0.0706. The van der Waals surface area contributed by atoms with Crippen molar-refractivity contribution in [1.29, 1.82) is 0 Å². The van der Waals surface area contributed by atoms with Crippen molar-refractivity contribution in [2.24, 2.45) is 0 Å². The molecule has 166 valence electrons. The Balaban J connectivity index is 1.68. The maximum atomic E-state index is 13.8. The van der Waals surface area contributed by atoms with Crippen LogP contribution in [0.5, 0.6) is 0 Å². The summed E-state index contributed by atoms with van der Waals surface area (Å²) in [7, 11) is 0. The van der Waals surface area contributed by atoms with E-state index in [4.69, 9.17) is 39.8 Å². The molecule has 0 aliphatic carbocycles. The highest BCUT2D eigenvalue weighted by molar-refractivity contribution is 6.36. The maximum Gasteiger partial charge on any atom is 0.204 e. The summed E-state index contributed by atoms with van der Waals surface area (Å²) >= 11 is 18.8. The number of hydrogen-bond acceptors (Lipinski definition) is 3.